The van der Waals surface area contributed by atoms with Crippen molar-refractivity contribution in [2.75, 3.05) is 7.05 Å². The molecule has 0 aliphatic rings. The van der Waals surface area contributed by atoms with E-state index in [1.165, 1.54) is 5.56 Å². The van der Waals surface area contributed by atoms with Gasteiger partial charge in [0.15, 0.2) is 5.96 Å². The number of guanidine groups is 1. The second kappa shape index (κ2) is 6.96. The van der Waals surface area contributed by atoms with Crippen molar-refractivity contribution in [3.63, 3.8) is 0 Å². The normalized spacial score (nSPS) is 11.7. The van der Waals surface area contributed by atoms with Gasteiger partial charge >= 0.3 is 0 Å². The zero-order valence-corrected chi connectivity index (χ0v) is 13.5. The summed E-state index contributed by atoms with van der Waals surface area (Å²) in [6.07, 6.45) is 0. The molecule has 118 valence electrons. The Morgan fingerprint density at radius 1 is 1.00 bits per heavy atom. The van der Waals surface area contributed by atoms with Crippen LogP contribution in [0.2, 0.25) is 0 Å². The number of fused-ring (bicyclic) bond motifs is 1. The van der Waals surface area contributed by atoms with E-state index in [0.717, 1.165) is 29.4 Å². The maximum absolute atomic E-state index is 4.65. The van der Waals surface area contributed by atoms with Gasteiger partial charge in [-0.25, -0.2) is 4.98 Å². The lowest BCUT2D eigenvalue weighted by atomic mass is 10.2. The number of nitrogens with one attached hydrogen (secondary N) is 2. The van der Waals surface area contributed by atoms with Crippen molar-refractivity contribution in [1.29, 1.82) is 0 Å². The van der Waals surface area contributed by atoms with Crippen LogP contribution in [-0.2, 0) is 20.1 Å². The van der Waals surface area contributed by atoms with Crippen molar-refractivity contribution >= 4 is 17.0 Å². The molecule has 0 unspecified atom stereocenters. The summed E-state index contributed by atoms with van der Waals surface area (Å²) in [6.45, 7) is 1.36. The van der Waals surface area contributed by atoms with Gasteiger partial charge in [-0.15, -0.1) is 0 Å². The molecule has 0 radical (unpaired) electrons. The lowest BCUT2D eigenvalue weighted by Gasteiger charge is -2.12. The van der Waals surface area contributed by atoms with Gasteiger partial charge < -0.3 is 15.2 Å². The molecular formula is C18H21N5. The van der Waals surface area contributed by atoms with Gasteiger partial charge in [0.05, 0.1) is 17.6 Å². The molecule has 0 spiro atoms. The van der Waals surface area contributed by atoms with Crippen LogP contribution < -0.4 is 10.6 Å². The molecule has 0 bridgehead atoms. The Morgan fingerprint density at radius 2 is 1.70 bits per heavy atom. The van der Waals surface area contributed by atoms with Crippen LogP contribution in [0.5, 0.6) is 0 Å². The summed E-state index contributed by atoms with van der Waals surface area (Å²) in [5.41, 5.74) is 3.37. The highest BCUT2D eigenvalue weighted by molar-refractivity contribution is 5.80. The van der Waals surface area contributed by atoms with Crippen LogP contribution in [0.3, 0.4) is 0 Å². The molecule has 1 heterocycles. The van der Waals surface area contributed by atoms with Crippen molar-refractivity contribution in [1.82, 2.24) is 20.2 Å². The first-order valence-corrected chi connectivity index (χ1v) is 7.66. The molecule has 0 saturated carbocycles. The van der Waals surface area contributed by atoms with Gasteiger partial charge in [0.25, 0.3) is 0 Å². The van der Waals surface area contributed by atoms with Gasteiger partial charge in [0.2, 0.25) is 0 Å². The number of aromatic nitrogens is 2. The highest BCUT2D eigenvalue weighted by Crippen LogP contribution is 2.13. The molecule has 5 heteroatoms. The standard InChI is InChI=1S/C18H21N5/c1-19-18(20-12-14-8-4-3-5-9-14)21-13-17-22-15-10-6-7-11-16(15)23(17)2/h3-11H,12-13H2,1-2H3,(H2,19,20,21). The Kier molecular flexibility index (Phi) is 4.57. The summed E-state index contributed by atoms with van der Waals surface area (Å²) >= 11 is 0. The predicted molar refractivity (Wildman–Crippen MR) is 94.2 cm³/mol. The smallest absolute Gasteiger partial charge is 0.191 e. The third kappa shape index (κ3) is 3.51. The molecule has 1 aromatic heterocycles. The summed E-state index contributed by atoms with van der Waals surface area (Å²) in [5, 5.41) is 6.62. The second-order valence-electron chi connectivity index (χ2n) is 5.34. The minimum Gasteiger partial charge on any atom is -0.352 e. The van der Waals surface area contributed by atoms with Crippen LogP contribution in [0, 0.1) is 0 Å². The Morgan fingerprint density at radius 3 is 2.43 bits per heavy atom. The highest BCUT2D eigenvalue weighted by atomic mass is 15.2. The van der Waals surface area contributed by atoms with E-state index in [1.54, 1.807) is 7.05 Å². The molecule has 0 fully saturated rings. The number of imidazole rings is 1. The van der Waals surface area contributed by atoms with E-state index < -0.39 is 0 Å². The van der Waals surface area contributed by atoms with Gasteiger partial charge in [0.1, 0.15) is 5.82 Å². The number of nitrogens with zero attached hydrogens (tertiary/aromatic N) is 3. The van der Waals surface area contributed by atoms with Crippen LogP contribution in [0.1, 0.15) is 11.4 Å². The van der Waals surface area contributed by atoms with Crippen molar-refractivity contribution < 1.29 is 0 Å². The first-order valence-electron chi connectivity index (χ1n) is 7.66. The highest BCUT2D eigenvalue weighted by Gasteiger charge is 2.07. The third-order valence-corrected chi connectivity index (χ3v) is 3.82. The predicted octanol–water partition coefficient (Wildman–Crippen LogP) is 2.44. The second-order valence-corrected chi connectivity index (χ2v) is 5.34. The van der Waals surface area contributed by atoms with Crippen LogP contribution >= 0.6 is 0 Å². The van der Waals surface area contributed by atoms with Crippen LogP contribution in [0.15, 0.2) is 59.6 Å². The molecule has 0 saturated heterocycles. The zero-order valence-electron chi connectivity index (χ0n) is 13.5. The molecule has 23 heavy (non-hydrogen) atoms. The fourth-order valence-corrected chi connectivity index (χ4v) is 2.52. The number of hydrogen-bond acceptors (Lipinski definition) is 2. The van der Waals surface area contributed by atoms with Gasteiger partial charge in [0, 0.05) is 20.6 Å². The van der Waals surface area contributed by atoms with Gasteiger partial charge in [-0.05, 0) is 17.7 Å². The maximum Gasteiger partial charge on any atom is 0.191 e. The average molecular weight is 307 g/mol. The average Bonchev–Trinajstić information content (AvgIpc) is 2.92. The van der Waals surface area contributed by atoms with Gasteiger partial charge in [-0.3, -0.25) is 4.99 Å². The lowest BCUT2D eigenvalue weighted by Crippen LogP contribution is -2.36. The topological polar surface area (TPSA) is 54.2 Å². The van der Waals surface area contributed by atoms with Crippen molar-refractivity contribution in [3.05, 3.63) is 66.0 Å². The fraction of sp³-hybridized carbons (Fsp3) is 0.222. The molecule has 3 rings (SSSR count). The first-order chi connectivity index (χ1) is 11.3. The summed E-state index contributed by atoms with van der Waals surface area (Å²) in [5.74, 6) is 1.75. The summed E-state index contributed by atoms with van der Waals surface area (Å²) in [4.78, 5) is 8.91. The van der Waals surface area contributed by atoms with E-state index in [2.05, 4.69) is 43.4 Å². The molecule has 2 aromatic carbocycles. The van der Waals surface area contributed by atoms with Crippen LogP contribution in [-0.4, -0.2) is 22.6 Å². The summed E-state index contributed by atoms with van der Waals surface area (Å²) in [6, 6.07) is 18.4. The van der Waals surface area contributed by atoms with E-state index in [1.807, 2.05) is 43.4 Å². The van der Waals surface area contributed by atoms with E-state index >= 15 is 0 Å². The number of rotatable bonds is 4. The van der Waals surface area contributed by atoms with Crippen LogP contribution in [0.4, 0.5) is 0 Å². The van der Waals surface area contributed by atoms with E-state index in [4.69, 9.17) is 0 Å². The maximum atomic E-state index is 4.65. The molecule has 3 aromatic rings. The Bertz CT molecular complexity index is 805. The minimum absolute atomic E-state index is 0.625. The lowest BCUT2D eigenvalue weighted by molar-refractivity contribution is 0.736. The van der Waals surface area contributed by atoms with Crippen molar-refractivity contribution in [2.24, 2.45) is 12.0 Å². The molecular weight excluding hydrogens is 286 g/mol. The van der Waals surface area contributed by atoms with Gasteiger partial charge in [-0.2, -0.15) is 0 Å². The number of aryl methyl sites for hydroxylation is 1. The quantitative estimate of drug-likeness (QED) is 0.575. The van der Waals surface area contributed by atoms with Crippen LogP contribution in [0.25, 0.3) is 11.0 Å². The zero-order chi connectivity index (χ0) is 16.1. The molecule has 5 nitrogen and oxygen atoms in total. The minimum atomic E-state index is 0.625. The van der Waals surface area contributed by atoms with Crippen molar-refractivity contribution in [2.45, 2.75) is 13.1 Å². The Labute approximate surface area is 136 Å². The summed E-state index contributed by atoms with van der Waals surface area (Å²) in [7, 11) is 3.81. The van der Waals surface area contributed by atoms with Crippen molar-refractivity contribution in [3.8, 4) is 0 Å². The molecule has 0 aliphatic carbocycles. The monoisotopic (exact) mass is 307 g/mol. The van der Waals surface area contributed by atoms with E-state index in [0.29, 0.717) is 6.54 Å². The first kappa shape index (κ1) is 15.1. The number of para-hydroxylation sites is 2. The van der Waals surface area contributed by atoms with Gasteiger partial charge in [-0.1, -0.05) is 42.5 Å². The molecule has 2 N–H and O–H groups in total. The molecule has 0 atom stereocenters. The Hall–Kier alpha value is -2.82. The number of benzene rings is 2. The largest absolute Gasteiger partial charge is 0.352 e. The number of hydrogen-bond donors (Lipinski definition) is 2. The third-order valence-electron chi connectivity index (χ3n) is 3.82. The fourth-order valence-electron chi connectivity index (χ4n) is 2.52. The summed E-state index contributed by atoms with van der Waals surface area (Å²) < 4.78 is 2.10. The molecule has 0 aliphatic heterocycles. The van der Waals surface area contributed by atoms with E-state index in [-0.39, 0.29) is 0 Å². The SMILES string of the molecule is CN=C(NCc1ccccc1)NCc1nc2ccccc2n1C. The number of aliphatic imine (C=N–C) groups is 1. The molecule has 0 amide bonds. The van der Waals surface area contributed by atoms with E-state index in [9.17, 15) is 0 Å². The Balaban J connectivity index is 1.62.